The summed E-state index contributed by atoms with van der Waals surface area (Å²) in [5.74, 6) is -0.153. The summed E-state index contributed by atoms with van der Waals surface area (Å²) in [4.78, 5) is 30.2. The summed E-state index contributed by atoms with van der Waals surface area (Å²) in [6, 6.07) is 6.11. The molecular weight excluding hydrogens is 461 g/mol. The number of ether oxygens (including phenoxy) is 1. The lowest BCUT2D eigenvalue weighted by Gasteiger charge is -2.39. The minimum Gasteiger partial charge on any atom is -0.439 e. The predicted molar refractivity (Wildman–Crippen MR) is 124 cm³/mol. The Labute approximate surface area is 203 Å². The van der Waals surface area contributed by atoms with E-state index in [4.69, 9.17) is 4.74 Å². The van der Waals surface area contributed by atoms with Crippen LogP contribution in [0.1, 0.15) is 67.9 Å². The summed E-state index contributed by atoms with van der Waals surface area (Å²) in [5, 5.41) is 10.7. The molecule has 0 saturated carbocycles. The molecule has 190 valence electrons. The first-order valence-electron chi connectivity index (χ1n) is 11.8. The van der Waals surface area contributed by atoms with Gasteiger partial charge in [-0.15, -0.1) is 0 Å². The Morgan fingerprint density at radius 1 is 1.17 bits per heavy atom. The number of hydrogen-bond donors (Lipinski definition) is 1. The number of ketones is 1. The number of alkyl halides is 3. The second-order valence-corrected chi connectivity index (χ2v) is 9.51. The van der Waals surface area contributed by atoms with E-state index in [1.54, 1.807) is 11.8 Å². The van der Waals surface area contributed by atoms with Crippen LogP contribution in [-0.4, -0.2) is 45.4 Å². The number of hydrogen-bond acceptors (Lipinski definition) is 5. The van der Waals surface area contributed by atoms with Crippen molar-refractivity contribution in [1.29, 1.82) is 0 Å². The van der Waals surface area contributed by atoms with Crippen LogP contribution in [0.2, 0.25) is 0 Å². The molecule has 0 aliphatic carbocycles. The fourth-order valence-corrected chi connectivity index (χ4v) is 4.34. The molecule has 9 heteroatoms. The average molecular weight is 493 g/mol. The van der Waals surface area contributed by atoms with Crippen LogP contribution >= 0.6 is 0 Å². The third-order valence-corrected chi connectivity index (χ3v) is 6.09. The summed E-state index contributed by atoms with van der Waals surface area (Å²) in [5.41, 5.74) is -1.19. The second-order valence-electron chi connectivity index (χ2n) is 9.51. The lowest BCUT2D eigenvalue weighted by Crippen LogP contribution is -2.47. The minimum atomic E-state index is -4.62. The number of carbonyl (C=O) groups is 2. The fourth-order valence-electron chi connectivity index (χ4n) is 4.34. The summed E-state index contributed by atoms with van der Waals surface area (Å²) in [6.45, 7) is 6.48. The quantitative estimate of drug-likeness (QED) is 0.498. The van der Waals surface area contributed by atoms with Crippen molar-refractivity contribution in [2.75, 3.05) is 13.1 Å². The molecule has 0 bridgehead atoms. The molecule has 2 aromatic rings. The number of Topliss-reactive ketones (excluding diaryl/α,β-unsaturated/α-hetero) is 1. The number of likely N-dealkylation sites (tertiary alicyclic amines) is 1. The van der Waals surface area contributed by atoms with E-state index in [2.05, 4.69) is 4.98 Å². The van der Waals surface area contributed by atoms with E-state index < -0.39 is 17.3 Å². The van der Waals surface area contributed by atoms with Gasteiger partial charge >= 0.3 is 6.18 Å². The molecule has 1 saturated heterocycles. The van der Waals surface area contributed by atoms with Crippen molar-refractivity contribution in [3.05, 3.63) is 53.2 Å². The van der Waals surface area contributed by atoms with E-state index >= 15 is 0 Å². The summed E-state index contributed by atoms with van der Waals surface area (Å²) in [6.07, 6.45) is -1.70. The van der Waals surface area contributed by atoms with Gasteiger partial charge in [-0.1, -0.05) is 20.8 Å². The first-order valence-corrected chi connectivity index (χ1v) is 11.8. The monoisotopic (exact) mass is 492 g/mol. The molecule has 3 rings (SSSR count). The van der Waals surface area contributed by atoms with E-state index in [-0.39, 0.29) is 35.3 Å². The molecule has 1 aromatic carbocycles. The summed E-state index contributed by atoms with van der Waals surface area (Å²) in [7, 11) is 0. The van der Waals surface area contributed by atoms with E-state index in [1.165, 1.54) is 24.4 Å². The summed E-state index contributed by atoms with van der Waals surface area (Å²) >= 11 is 0. The SMILES string of the molecule is CCC(=O)c1ccc(Oc2cc(CC(=O)N3CCC(O)(CC(C)C)CC3)cc(C(F)(F)F)c2)nc1. The Hall–Kier alpha value is -2.94. The van der Waals surface area contributed by atoms with Crippen molar-refractivity contribution in [2.24, 2.45) is 5.92 Å². The smallest absolute Gasteiger partial charge is 0.416 e. The lowest BCUT2D eigenvalue weighted by molar-refractivity contribution is -0.138. The van der Waals surface area contributed by atoms with Gasteiger partial charge in [0.2, 0.25) is 11.8 Å². The van der Waals surface area contributed by atoms with Crippen LogP contribution in [0.5, 0.6) is 11.6 Å². The van der Waals surface area contributed by atoms with Crippen molar-refractivity contribution in [1.82, 2.24) is 9.88 Å². The highest BCUT2D eigenvalue weighted by molar-refractivity contribution is 5.95. The molecular formula is C26H31F3N2O4. The highest BCUT2D eigenvalue weighted by Crippen LogP contribution is 2.34. The minimum absolute atomic E-state index is 0.0368. The Kier molecular flexibility index (Phi) is 8.20. The number of pyridine rings is 1. The van der Waals surface area contributed by atoms with Crippen molar-refractivity contribution >= 4 is 11.7 Å². The molecule has 1 fully saturated rings. The van der Waals surface area contributed by atoms with Gasteiger partial charge in [-0.3, -0.25) is 9.59 Å². The molecule has 0 radical (unpaired) electrons. The molecule has 35 heavy (non-hydrogen) atoms. The molecule has 6 nitrogen and oxygen atoms in total. The zero-order chi connectivity index (χ0) is 25.8. The van der Waals surface area contributed by atoms with Crippen molar-refractivity contribution in [3.8, 4) is 11.6 Å². The molecule has 0 unspecified atom stereocenters. The summed E-state index contributed by atoms with van der Waals surface area (Å²) < 4.78 is 46.1. The zero-order valence-electron chi connectivity index (χ0n) is 20.2. The Morgan fingerprint density at radius 2 is 1.86 bits per heavy atom. The van der Waals surface area contributed by atoms with Gasteiger partial charge in [0, 0.05) is 37.3 Å². The van der Waals surface area contributed by atoms with Gasteiger partial charge in [0.05, 0.1) is 17.6 Å². The lowest BCUT2D eigenvalue weighted by atomic mass is 9.84. The number of aromatic nitrogens is 1. The van der Waals surface area contributed by atoms with Crippen LogP contribution in [0.3, 0.4) is 0 Å². The normalized spacial score (nSPS) is 15.8. The Bertz CT molecular complexity index is 1040. The number of benzene rings is 1. The number of rotatable bonds is 8. The van der Waals surface area contributed by atoms with Gasteiger partial charge in [-0.25, -0.2) is 4.98 Å². The maximum absolute atomic E-state index is 13.5. The number of amides is 1. The third kappa shape index (κ3) is 7.27. The fraction of sp³-hybridized carbons (Fsp3) is 0.500. The molecule has 0 spiro atoms. The maximum atomic E-state index is 13.5. The highest BCUT2D eigenvalue weighted by atomic mass is 19.4. The van der Waals surface area contributed by atoms with Crippen molar-refractivity contribution < 1.29 is 32.6 Å². The van der Waals surface area contributed by atoms with E-state index in [9.17, 15) is 27.9 Å². The van der Waals surface area contributed by atoms with Crippen LogP contribution < -0.4 is 4.74 Å². The van der Waals surface area contributed by atoms with Gasteiger partial charge in [0.25, 0.3) is 0 Å². The van der Waals surface area contributed by atoms with Gasteiger partial charge in [-0.2, -0.15) is 13.2 Å². The van der Waals surface area contributed by atoms with Crippen LogP contribution in [-0.2, 0) is 17.4 Å². The largest absolute Gasteiger partial charge is 0.439 e. The topological polar surface area (TPSA) is 79.7 Å². The third-order valence-electron chi connectivity index (χ3n) is 6.09. The molecule has 1 aromatic heterocycles. The van der Waals surface area contributed by atoms with Crippen LogP contribution in [0.4, 0.5) is 13.2 Å². The average Bonchev–Trinajstić information content (AvgIpc) is 2.78. The van der Waals surface area contributed by atoms with E-state index in [0.717, 1.165) is 12.1 Å². The molecule has 1 aliphatic rings. The van der Waals surface area contributed by atoms with Gasteiger partial charge in [0.1, 0.15) is 5.75 Å². The molecule has 1 aliphatic heterocycles. The first-order chi connectivity index (χ1) is 16.4. The van der Waals surface area contributed by atoms with Crippen LogP contribution in [0, 0.1) is 5.92 Å². The first kappa shape index (κ1) is 26.7. The van der Waals surface area contributed by atoms with Crippen LogP contribution in [0.25, 0.3) is 0 Å². The predicted octanol–water partition coefficient (Wildman–Crippen LogP) is 5.43. The highest BCUT2D eigenvalue weighted by Gasteiger charge is 2.35. The maximum Gasteiger partial charge on any atom is 0.416 e. The number of nitrogens with zero attached hydrogens (tertiary/aromatic N) is 2. The number of aliphatic hydroxyl groups is 1. The van der Waals surface area contributed by atoms with Gasteiger partial charge in [0.15, 0.2) is 5.78 Å². The number of piperidine rings is 1. The van der Waals surface area contributed by atoms with E-state index in [1.807, 2.05) is 13.8 Å². The molecule has 0 atom stereocenters. The molecule has 2 heterocycles. The van der Waals surface area contributed by atoms with E-state index in [0.29, 0.717) is 50.3 Å². The number of halogens is 3. The second kappa shape index (κ2) is 10.8. The van der Waals surface area contributed by atoms with Crippen LogP contribution in [0.15, 0.2) is 36.5 Å². The molecule has 1 amide bonds. The number of carbonyl (C=O) groups excluding carboxylic acids is 2. The standard InChI is InChI=1S/C26H31F3N2O4/c1-4-22(32)19-5-6-23(30-16-19)35-21-12-18(11-20(14-21)26(27,28)29)13-24(33)31-9-7-25(34,8-10-31)15-17(2)3/h5-6,11-12,14,16-17,34H,4,7-10,13,15H2,1-3H3. The van der Waals surface area contributed by atoms with Gasteiger partial charge < -0.3 is 14.7 Å². The van der Waals surface area contributed by atoms with Crippen molar-refractivity contribution in [2.45, 2.75) is 64.7 Å². The Balaban J connectivity index is 1.74. The van der Waals surface area contributed by atoms with Crippen molar-refractivity contribution in [3.63, 3.8) is 0 Å². The molecule has 1 N–H and O–H groups in total. The zero-order valence-corrected chi connectivity index (χ0v) is 20.2. The Morgan fingerprint density at radius 3 is 2.40 bits per heavy atom. The van der Waals surface area contributed by atoms with Gasteiger partial charge in [-0.05, 0) is 55.0 Å².